The third-order valence-corrected chi connectivity index (χ3v) is 4.20. The molecule has 0 aliphatic carbocycles. The molecule has 3 nitrogen and oxygen atoms in total. The highest BCUT2D eigenvalue weighted by atomic mass is 16.5. The van der Waals surface area contributed by atoms with Crippen LogP contribution in [0.4, 0.5) is 0 Å². The standard InChI is InChI=1S/C17H28N2O/c1-4-19(5-2)10-11-20-16-8-6-15(7-9-16)17-12-14(3)13-18-17/h6-9,14,17-18H,4-5,10-13H2,1-3H3. The molecule has 1 N–H and O–H groups in total. The summed E-state index contributed by atoms with van der Waals surface area (Å²) in [7, 11) is 0. The lowest BCUT2D eigenvalue weighted by Gasteiger charge is -2.18. The lowest BCUT2D eigenvalue weighted by molar-refractivity contribution is 0.223. The summed E-state index contributed by atoms with van der Waals surface area (Å²) in [5.74, 6) is 1.76. The summed E-state index contributed by atoms with van der Waals surface area (Å²) < 4.78 is 5.82. The van der Waals surface area contributed by atoms with Gasteiger partial charge in [-0.2, -0.15) is 0 Å². The number of nitrogens with one attached hydrogen (secondary N) is 1. The fraction of sp³-hybridized carbons (Fsp3) is 0.647. The molecule has 1 aliphatic rings. The van der Waals surface area contributed by atoms with Crippen molar-refractivity contribution in [3.8, 4) is 5.75 Å². The first kappa shape index (κ1) is 15.3. The minimum Gasteiger partial charge on any atom is -0.492 e. The Hall–Kier alpha value is -1.06. The van der Waals surface area contributed by atoms with E-state index in [1.54, 1.807) is 0 Å². The van der Waals surface area contributed by atoms with Crippen molar-refractivity contribution in [2.24, 2.45) is 5.92 Å². The molecule has 2 atom stereocenters. The molecule has 0 saturated carbocycles. The third kappa shape index (κ3) is 4.22. The van der Waals surface area contributed by atoms with Gasteiger partial charge in [0.25, 0.3) is 0 Å². The molecule has 1 aliphatic heterocycles. The Morgan fingerprint density at radius 3 is 2.45 bits per heavy atom. The van der Waals surface area contributed by atoms with Crippen molar-refractivity contribution >= 4 is 0 Å². The largest absolute Gasteiger partial charge is 0.492 e. The normalized spacial score (nSPS) is 22.4. The fourth-order valence-electron chi connectivity index (χ4n) is 2.80. The van der Waals surface area contributed by atoms with Crippen molar-refractivity contribution in [2.75, 3.05) is 32.8 Å². The van der Waals surface area contributed by atoms with Crippen LogP contribution in [0.2, 0.25) is 0 Å². The molecular weight excluding hydrogens is 248 g/mol. The number of likely N-dealkylation sites (N-methyl/N-ethyl adjacent to an activating group) is 1. The van der Waals surface area contributed by atoms with Crippen LogP contribution in [0.1, 0.15) is 38.8 Å². The van der Waals surface area contributed by atoms with Crippen molar-refractivity contribution in [3.63, 3.8) is 0 Å². The van der Waals surface area contributed by atoms with Crippen molar-refractivity contribution in [3.05, 3.63) is 29.8 Å². The molecular formula is C17H28N2O. The van der Waals surface area contributed by atoms with Gasteiger partial charge in [0.15, 0.2) is 0 Å². The maximum atomic E-state index is 5.82. The van der Waals surface area contributed by atoms with Crippen LogP contribution >= 0.6 is 0 Å². The maximum Gasteiger partial charge on any atom is 0.119 e. The van der Waals surface area contributed by atoms with Crippen molar-refractivity contribution in [1.29, 1.82) is 0 Å². The van der Waals surface area contributed by atoms with Gasteiger partial charge in [0, 0.05) is 12.6 Å². The number of hydrogen-bond donors (Lipinski definition) is 1. The van der Waals surface area contributed by atoms with Crippen LogP contribution in [-0.4, -0.2) is 37.7 Å². The predicted molar refractivity (Wildman–Crippen MR) is 84.2 cm³/mol. The van der Waals surface area contributed by atoms with E-state index in [1.165, 1.54) is 12.0 Å². The molecule has 1 saturated heterocycles. The average Bonchev–Trinajstić information content (AvgIpc) is 2.91. The van der Waals surface area contributed by atoms with E-state index in [4.69, 9.17) is 4.74 Å². The van der Waals surface area contributed by atoms with E-state index in [1.807, 2.05) is 0 Å². The van der Waals surface area contributed by atoms with Crippen LogP contribution in [0.25, 0.3) is 0 Å². The topological polar surface area (TPSA) is 24.5 Å². The maximum absolute atomic E-state index is 5.82. The molecule has 0 bridgehead atoms. The summed E-state index contributed by atoms with van der Waals surface area (Å²) in [5, 5.41) is 3.57. The highest BCUT2D eigenvalue weighted by molar-refractivity contribution is 5.29. The predicted octanol–water partition coefficient (Wildman–Crippen LogP) is 3.08. The second-order valence-corrected chi connectivity index (χ2v) is 5.75. The molecule has 1 heterocycles. The summed E-state index contributed by atoms with van der Waals surface area (Å²) in [4.78, 5) is 2.37. The van der Waals surface area contributed by atoms with Gasteiger partial charge in [0.05, 0.1) is 0 Å². The molecule has 1 aromatic rings. The number of benzene rings is 1. The molecule has 1 fully saturated rings. The lowest BCUT2D eigenvalue weighted by Crippen LogP contribution is -2.27. The van der Waals surface area contributed by atoms with E-state index in [-0.39, 0.29) is 0 Å². The molecule has 0 spiro atoms. The van der Waals surface area contributed by atoms with E-state index >= 15 is 0 Å². The highest BCUT2D eigenvalue weighted by Crippen LogP contribution is 2.27. The average molecular weight is 276 g/mol. The van der Waals surface area contributed by atoms with Crippen molar-refractivity contribution < 1.29 is 4.74 Å². The number of rotatable bonds is 7. The van der Waals surface area contributed by atoms with Gasteiger partial charge >= 0.3 is 0 Å². The van der Waals surface area contributed by atoms with E-state index in [0.29, 0.717) is 6.04 Å². The van der Waals surface area contributed by atoms with Crippen LogP contribution in [0.3, 0.4) is 0 Å². The summed E-state index contributed by atoms with van der Waals surface area (Å²) in [6.07, 6.45) is 1.24. The van der Waals surface area contributed by atoms with Gasteiger partial charge in [0.1, 0.15) is 12.4 Å². The first-order valence-electron chi connectivity index (χ1n) is 7.91. The molecule has 0 aromatic heterocycles. The Labute approximate surface area is 123 Å². The van der Waals surface area contributed by atoms with Gasteiger partial charge < -0.3 is 15.0 Å². The lowest BCUT2D eigenvalue weighted by atomic mass is 10.0. The van der Waals surface area contributed by atoms with E-state index in [2.05, 4.69) is 55.3 Å². The molecule has 2 unspecified atom stereocenters. The Morgan fingerprint density at radius 2 is 1.90 bits per heavy atom. The second kappa shape index (κ2) is 7.65. The van der Waals surface area contributed by atoms with Gasteiger partial charge in [-0.05, 0) is 49.7 Å². The van der Waals surface area contributed by atoms with E-state index < -0.39 is 0 Å². The number of ether oxygens (including phenoxy) is 1. The smallest absolute Gasteiger partial charge is 0.119 e. The van der Waals surface area contributed by atoms with Gasteiger partial charge in [-0.3, -0.25) is 0 Å². The Kier molecular flexibility index (Phi) is 5.86. The van der Waals surface area contributed by atoms with Crippen LogP contribution in [-0.2, 0) is 0 Å². The molecule has 3 heteroatoms. The van der Waals surface area contributed by atoms with E-state index in [0.717, 1.165) is 44.5 Å². The van der Waals surface area contributed by atoms with Crippen LogP contribution in [0.5, 0.6) is 5.75 Å². The first-order valence-corrected chi connectivity index (χ1v) is 7.91. The van der Waals surface area contributed by atoms with Crippen molar-refractivity contribution in [2.45, 2.75) is 33.2 Å². The van der Waals surface area contributed by atoms with Crippen LogP contribution in [0, 0.1) is 5.92 Å². The zero-order valence-corrected chi connectivity index (χ0v) is 13.1. The molecule has 0 amide bonds. The van der Waals surface area contributed by atoms with Gasteiger partial charge in [-0.25, -0.2) is 0 Å². The Balaban J connectivity index is 1.79. The quantitative estimate of drug-likeness (QED) is 0.828. The first-order chi connectivity index (χ1) is 9.72. The SMILES string of the molecule is CCN(CC)CCOc1ccc(C2CC(C)CN2)cc1. The number of hydrogen-bond acceptors (Lipinski definition) is 3. The van der Waals surface area contributed by atoms with Crippen molar-refractivity contribution in [1.82, 2.24) is 10.2 Å². The minimum atomic E-state index is 0.523. The fourth-order valence-corrected chi connectivity index (χ4v) is 2.80. The van der Waals surface area contributed by atoms with Gasteiger partial charge in [-0.15, -0.1) is 0 Å². The van der Waals surface area contributed by atoms with Gasteiger partial charge in [-0.1, -0.05) is 32.9 Å². The van der Waals surface area contributed by atoms with Gasteiger partial charge in [0.2, 0.25) is 0 Å². The number of nitrogens with zero attached hydrogens (tertiary/aromatic N) is 1. The molecule has 112 valence electrons. The van der Waals surface area contributed by atoms with E-state index in [9.17, 15) is 0 Å². The Bertz CT molecular complexity index is 386. The monoisotopic (exact) mass is 276 g/mol. The third-order valence-electron chi connectivity index (χ3n) is 4.20. The van der Waals surface area contributed by atoms with Crippen LogP contribution in [0.15, 0.2) is 24.3 Å². The summed E-state index contributed by atoms with van der Waals surface area (Å²) >= 11 is 0. The zero-order chi connectivity index (χ0) is 14.4. The molecule has 1 aromatic carbocycles. The molecule has 20 heavy (non-hydrogen) atoms. The minimum absolute atomic E-state index is 0.523. The summed E-state index contributed by atoms with van der Waals surface area (Å²) in [6.45, 7) is 11.7. The zero-order valence-electron chi connectivity index (χ0n) is 13.1. The van der Waals surface area contributed by atoms with Crippen LogP contribution < -0.4 is 10.1 Å². The molecule has 0 radical (unpaired) electrons. The highest BCUT2D eigenvalue weighted by Gasteiger charge is 2.21. The summed E-state index contributed by atoms with van der Waals surface area (Å²) in [6, 6.07) is 9.12. The Morgan fingerprint density at radius 1 is 1.20 bits per heavy atom. The molecule has 2 rings (SSSR count). The second-order valence-electron chi connectivity index (χ2n) is 5.75. The summed E-state index contributed by atoms with van der Waals surface area (Å²) in [5.41, 5.74) is 1.38.